The quantitative estimate of drug-likeness (QED) is 0.694. The molecule has 1 aromatic rings. The van der Waals surface area contributed by atoms with Crippen molar-refractivity contribution in [2.24, 2.45) is 0 Å². The normalized spacial score (nSPS) is 9.64. The van der Waals surface area contributed by atoms with Crippen LogP contribution in [0.3, 0.4) is 0 Å². The van der Waals surface area contributed by atoms with Crippen LogP contribution in [0.4, 0.5) is 0 Å². The van der Waals surface area contributed by atoms with Crippen LogP contribution in [-0.2, 0) is 4.84 Å². The van der Waals surface area contributed by atoms with Gasteiger partial charge in [0.15, 0.2) is 0 Å². The van der Waals surface area contributed by atoms with E-state index in [4.69, 9.17) is 11.6 Å². The molecule has 0 aliphatic heterocycles. The minimum absolute atomic E-state index is 0.178. The van der Waals surface area contributed by atoms with Crippen molar-refractivity contribution in [2.45, 2.75) is 0 Å². The highest BCUT2D eigenvalue weighted by molar-refractivity contribution is 7.17. The molecule has 0 saturated heterocycles. The molecular formula is C4H4ClN3O2S. The molecule has 11 heavy (non-hydrogen) atoms. The summed E-state index contributed by atoms with van der Waals surface area (Å²) in [4.78, 5) is 15.2. The second-order valence-electron chi connectivity index (χ2n) is 1.50. The molecule has 0 fully saturated rings. The number of aromatic nitrogens is 2. The first-order chi connectivity index (χ1) is 5.24. The highest BCUT2D eigenvalue weighted by atomic mass is 35.5. The second kappa shape index (κ2) is 3.61. The second-order valence-corrected chi connectivity index (χ2v) is 3.06. The third-order valence-corrected chi connectivity index (χ3v) is 1.81. The summed E-state index contributed by atoms with van der Waals surface area (Å²) < 4.78 is 0.228. The van der Waals surface area contributed by atoms with E-state index in [1.165, 1.54) is 7.11 Å². The maximum Gasteiger partial charge on any atom is 0.305 e. The Morgan fingerprint density at radius 2 is 2.45 bits per heavy atom. The van der Waals surface area contributed by atoms with E-state index < -0.39 is 5.91 Å². The molecule has 0 aliphatic carbocycles. The number of rotatable bonds is 2. The van der Waals surface area contributed by atoms with Crippen LogP contribution in [0, 0.1) is 0 Å². The standard InChI is InChI=1S/C4H4ClN3O2S/c1-10-8-2(9)3-6-7-4(5)11-3/h1H3,(H,8,9). The highest BCUT2D eigenvalue weighted by Gasteiger charge is 2.10. The summed E-state index contributed by atoms with van der Waals surface area (Å²) in [5.74, 6) is -0.447. The molecule has 7 heteroatoms. The number of carbonyl (C=O) groups is 1. The van der Waals surface area contributed by atoms with Crippen molar-refractivity contribution in [3.8, 4) is 0 Å². The first kappa shape index (κ1) is 8.38. The summed E-state index contributed by atoms with van der Waals surface area (Å²) in [7, 11) is 1.33. The van der Waals surface area contributed by atoms with Crippen molar-refractivity contribution in [1.82, 2.24) is 15.7 Å². The van der Waals surface area contributed by atoms with Gasteiger partial charge in [0.25, 0.3) is 0 Å². The van der Waals surface area contributed by atoms with Crippen LogP contribution in [0.25, 0.3) is 0 Å². The molecule has 1 N–H and O–H groups in total. The fourth-order valence-electron chi connectivity index (χ4n) is 0.433. The van der Waals surface area contributed by atoms with Gasteiger partial charge in [-0.15, -0.1) is 10.2 Å². The van der Waals surface area contributed by atoms with Gasteiger partial charge in [-0.05, 0) is 11.6 Å². The van der Waals surface area contributed by atoms with Gasteiger partial charge in [-0.25, -0.2) is 5.48 Å². The first-order valence-electron chi connectivity index (χ1n) is 2.56. The molecule has 0 saturated carbocycles. The molecule has 0 bridgehead atoms. The van der Waals surface area contributed by atoms with Gasteiger partial charge in [-0.2, -0.15) is 0 Å². The molecule has 0 atom stereocenters. The molecule has 0 radical (unpaired) electrons. The molecular weight excluding hydrogens is 190 g/mol. The van der Waals surface area contributed by atoms with Gasteiger partial charge >= 0.3 is 5.91 Å². The van der Waals surface area contributed by atoms with Gasteiger partial charge < -0.3 is 0 Å². The summed E-state index contributed by atoms with van der Waals surface area (Å²) >= 11 is 6.42. The average Bonchev–Trinajstić information content (AvgIpc) is 2.36. The number of hydrogen-bond acceptors (Lipinski definition) is 5. The van der Waals surface area contributed by atoms with Gasteiger partial charge in [-0.3, -0.25) is 9.63 Å². The summed E-state index contributed by atoms with van der Waals surface area (Å²) in [6.45, 7) is 0. The molecule has 0 aromatic carbocycles. The van der Waals surface area contributed by atoms with E-state index in [9.17, 15) is 4.79 Å². The number of amides is 1. The zero-order chi connectivity index (χ0) is 8.27. The van der Waals surface area contributed by atoms with Crippen LogP contribution >= 0.6 is 22.9 Å². The van der Waals surface area contributed by atoms with Crippen molar-refractivity contribution in [2.75, 3.05) is 7.11 Å². The van der Waals surface area contributed by atoms with E-state index in [0.29, 0.717) is 0 Å². The lowest BCUT2D eigenvalue weighted by atomic mass is 10.7. The first-order valence-corrected chi connectivity index (χ1v) is 3.76. The van der Waals surface area contributed by atoms with E-state index in [0.717, 1.165) is 11.3 Å². The van der Waals surface area contributed by atoms with Gasteiger partial charge in [0.05, 0.1) is 7.11 Å². The highest BCUT2D eigenvalue weighted by Crippen LogP contribution is 2.14. The van der Waals surface area contributed by atoms with Crippen molar-refractivity contribution < 1.29 is 9.63 Å². The van der Waals surface area contributed by atoms with E-state index >= 15 is 0 Å². The minimum atomic E-state index is -0.447. The van der Waals surface area contributed by atoms with Crippen LogP contribution in [-0.4, -0.2) is 23.2 Å². The lowest BCUT2D eigenvalue weighted by Gasteiger charge is -1.94. The lowest BCUT2D eigenvalue weighted by Crippen LogP contribution is -2.21. The molecule has 1 rings (SSSR count). The molecule has 1 aromatic heterocycles. The van der Waals surface area contributed by atoms with Crippen LogP contribution in [0.1, 0.15) is 9.80 Å². The molecule has 0 unspecified atom stereocenters. The predicted molar refractivity (Wildman–Crippen MR) is 39.4 cm³/mol. The number of nitrogens with zero attached hydrogens (tertiary/aromatic N) is 2. The maximum absolute atomic E-state index is 10.9. The minimum Gasteiger partial charge on any atom is -0.277 e. The van der Waals surface area contributed by atoms with Crippen molar-refractivity contribution in [1.29, 1.82) is 0 Å². The molecule has 0 aliphatic rings. The Labute approximate surface area is 71.3 Å². The monoisotopic (exact) mass is 193 g/mol. The maximum atomic E-state index is 10.9. The van der Waals surface area contributed by atoms with E-state index in [-0.39, 0.29) is 9.47 Å². The Morgan fingerprint density at radius 1 is 1.73 bits per heavy atom. The Morgan fingerprint density at radius 3 is 2.91 bits per heavy atom. The Hall–Kier alpha value is -0.720. The zero-order valence-corrected chi connectivity index (χ0v) is 7.07. The number of halogens is 1. The summed E-state index contributed by atoms with van der Waals surface area (Å²) in [6, 6.07) is 0. The molecule has 1 heterocycles. The molecule has 1 amide bonds. The number of nitrogens with one attached hydrogen (secondary N) is 1. The zero-order valence-electron chi connectivity index (χ0n) is 5.50. The van der Waals surface area contributed by atoms with E-state index in [1.54, 1.807) is 0 Å². The van der Waals surface area contributed by atoms with E-state index in [1.807, 2.05) is 0 Å². The van der Waals surface area contributed by atoms with Gasteiger partial charge in [0.2, 0.25) is 9.47 Å². The van der Waals surface area contributed by atoms with Gasteiger partial charge in [0.1, 0.15) is 0 Å². The lowest BCUT2D eigenvalue weighted by molar-refractivity contribution is 0.0536. The van der Waals surface area contributed by atoms with Crippen LogP contribution < -0.4 is 5.48 Å². The Bertz CT molecular complexity index is 264. The van der Waals surface area contributed by atoms with Crippen LogP contribution in [0.15, 0.2) is 0 Å². The van der Waals surface area contributed by atoms with Gasteiger partial charge in [0, 0.05) is 0 Å². The summed E-state index contributed by atoms with van der Waals surface area (Å²) in [5.41, 5.74) is 2.09. The topological polar surface area (TPSA) is 64.1 Å². The van der Waals surface area contributed by atoms with Crippen LogP contribution in [0.5, 0.6) is 0 Å². The largest absolute Gasteiger partial charge is 0.305 e. The van der Waals surface area contributed by atoms with Crippen molar-refractivity contribution in [3.63, 3.8) is 0 Å². The van der Waals surface area contributed by atoms with Crippen molar-refractivity contribution in [3.05, 3.63) is 9.47 Å². The number of hydrogen-bond donors (Lipinski definition) is 1. The summed E-state index contributed by atoms with van der Waals surface area (Å²) in [5, 5.41) is 7.09. The Kier molecular flexibility index (Phi) is 2.75. The summed E-state index contributed by atoms with van der Waals surface area (Å²) in [6.07, 6.45) is 0. The van der Waals surface area contributed by atoms with Crippen LogP contribution in [0.2, 0.25) is 4.47 Å². The predicted octanol–water partition coefficient (Wildman–Crippen LogP) is 0.483. The molecule has 5 nitrogen and oxygen atoms in total. The smallest absolute Gasteiger partial charge is 0.277 e. The fraction of sp³-hybridized carbons (Fsp3) is 0.250. The van der Waals surface area contributed by atoms with Crippen molar-refractivity contribution >= 4 is 28.8 Å². The van der Waals surface area contributed by atoms with E-state index in [2.05, 4.69) is 20.5 Å². The number of hydroxylamine groups is 1. The molecule has 0 spiro atoms. The average molecular weight is 194 g/mol. The van der Waals surface area contributed by atoms with Gasteiger partial charge in [-0.1, -0.05) is 11.3 Å². The third-order valence-electron chi connectivity index (χ3n) is 0.789. The Balaban J connectivity index is 2.69. The third kappa shape index (κ3) is 2.11. The fourth-order valence-corrected chi connectivity index (χ4v) is 1.15. The molecule has 60 valence electrons. The SMILES string of the molecule is CONC(=O)c1nnc(Cl)s1. The number of carbonyl (C=O) groups excluding carboxylic acids is 1.